The number of non-ortho nitro benzene ring substituents is 1. The van der Waals surface area contributed by atoms with E-state index in [2.05, 4.69) is 4.98 Å². The van der Waals surface area contributed by atoms with Crippen molar-refractivity contribution in [1.29, 1.82) is 0 Å². The molecule has 0 fully saturated rings. The summed E-state index contributed by atoms with van der Waals surface area (Å²) in [5.74, 6) is -3.15. The van der Waals surface area contributed by atoms with Crippen LogP contribution >= 0.6 is 0 Å². The molecule has 1 aromatic carbocycles. The second kappa shape index (κ2) is 5.82. The number of hydrogen-bond donors (Lipinski definition) is 1. The third-order valence-electron chi connectivity index (χ3n) is 3.28. The Morgan fingerprint density at radius 1 is 1.57 bits per heavy atom. The van der Waals surface area contributed by atoms with Gasteiger partial charge in [0.05, 0.1) is 27.8 Å². The lowest BCUT2D eigenvalue weighted by Crippen LogP contribution is -2.14. The summed E-state index contributed by atoms with van der Waals surface area (Å²) in [6.45, 7) is 1.79. The number of nitrogens with zero attached hydrogens (tertiary/aromatic N) is 2. The van der Waals surface area contributed by atoms with Gasteiger partial charge >= 0.3 is 5.97 Å². The lowest BCUT2D eigenvalue weighted by Gasteiger charge is -2.14. The SMILES string of the molecule is CCCC(C(=O)O)c1c(F)cc([N+](=O)[O-])c2cccnc12. The van der Waals surface area contributed by atoms with E-state index in [1.807, 2.05) is 0 Å². The van der Waals surface area contributed by atoms with Crippen LogP contribution in [0.1, 0.15) is 31.2 Å². The quantitative estimate of drug-likeness (QED) is 0.674. The number of carbonyl (C=O) groups is 1. The van der Waals surface area contributed by atoms with Gasteiger partial charge in [0, 0.05) is 11.8 Å². The molecule has 0 aliphatic carbocycles. The molecule has 0 spiro atoms. The van der Waals surface area contributed by atoms with Crippen LogP contribution in [0, 0.1) is 15.9 Å². The summed E-state index contributed by atoms with van der Waals surface area (Å²) < 4.78 is 14.3. The summed E-state index contributed by atoms with van der Waals surface area (Å²) >= 11 is 0. The summed E-state index contributed by atoms with van der Waals surface area (Å²) in [7, 11) is 0. The molecule has 21 heavy (non-hydrogen) atoms. The average molecular weight is 292 g/mol. The minimum absolute atomic E-state index is 0.0325. The van der Waals surface area contributed by atoms with Crippen molar-refractivity contribution in [2.75, 3.05) is 0 Å². The van der Waals surface area contributed by atoms with Crippen molar-refractivity contribution in [3.05, 3.63) is 45.9 Å². The van der Waals surface area contributed by atoms with E-state index in [0.717, 1.165) is 6.07 Å². The van der Waals surface area contributed by atoms with Gasteiger partial charge in [0.2, 0.25) is 0 Å². The van der Waals surface area contributed by atoms with E-state index in [9.17, 15) is 24.4 Å². The molecule has 0 radical (unpaired) electrons. The van der Waals surface area contributed by atoms with Gasteiger partial charge in [-0.25, -0.2) is 4.39 Å². The predicted octanol–water partition coefficient (Wildman–Crippen LogP) is 3.25. The number of rotatable bonds is 5. The van der Waals surface area contributed by atoms with Crippen LogP contribution in [0.25, 0.3) is 10.9 Å². The fraction of sp³-hybridized carbons (Fsp3) is 0.286. The molecule has 1 heterocycles. The third-order valence-corrected chi connectivity index (χ3v) is 3.28. The molecule has 0 saturated carbocycles. The van der Waals surface area contributed by atoms with Crippen LogP contribution in [0.3, 0.4) is 0 Å². The molecule has 1 atom stereocenters. The number of aromatic nitrogens is 1. The topological polar surface area (TPSA) is 93.3 Å². The van der Waals surface area contributed by atoms with Crippen LogP contribution in [0.4, 0.5) is 10.1 Å². The van der Waals surface area contributed by atoms with Crippen LogP contribution in [-0.2, 0) is 4.79 Å². The zero-order chi connectivity index (χ0) is 15.6. The highest BCUT2D eigenvalue weighted by Crippen LogP contribution is 2.35. The number of aliphatic carboxylic acids is 1. The van der Waals surface area contributed by atoms with Gasteiger partial charge in [-0.2, -0.15) is 0 Å². The molecule has 2 aromatic rings. The van der Waals surface area contributed by atoms with E-state index in [4.69, 9.17) is 0 Å². The lowest BCUT2D eigenvalue weighted by molar-refractivity contribution is -0.383. The van der Waals surface area contributed by atoms with Gasteiger partial charge < -0.3 is 5.11 Å². The predicted molar refractivity (Wildman–Crippen MR) is 73.6 cm³/mol. The minimum atomic E-state index is -1.17. The zero-order valence-corrected chi connectivity index (χ0v) is 11.2. The van der Waals surface area contributed by atoms with Crippen LogP contribution in [0.5, 0.6) is 0 Å². The average Bonchev–Trinajstić information content (AvgIpc) is 2.44. The van der Waals surface area contributed by atoms with Gasteiger partial charge in [-0.15, -0.1) is 0 Å². The summed E-state index contributed by atoms with van der Waals surface area (Å²) in [4.78, 5) is 25.6. The second-order valence-electron chi connectivity index (χ2n) is 4.63. The van der Waals surface area contributed by atoms with Crippen molar-refractivity contribution < 1.29 is 19.2 Å². The maximum absolute atomic E-state index is 14.3. The molecule has 6 nitrogen and oxygen atoms in total. The first-order valence-electron chi connectivity index (χ1n) is 6.41. The van der Waals surface area contributed by atoms with Gasteiger partial charge in [-0.1, -0.05) is 13.3 Å². The minimum Gasteiger partial charge on any atom is -0.481 e. The molecular formula is C14H13FN2O4. The van der Waals surface area contributed by atoms with E-state index < -0.39 is 28.3 Å². The molecule has 0 saturated heterocycles. The number of hydrogen-bond acceptors (Lipinski definition) is 4. The van der Waals surface area contributed by atoms with Gasteiger partial charge in [0.1, 0.15) is 5.82 Å². The number of nitro groups is 1. The smallest absolute Gasteiger partial charge is 0.311 e. The third kappa shape index (κ3) is 2.67. The molecule has 0 aliphatic rings. The van der Waals surface area contributed by atoms with Crippen LogP contribution in [-0.4, -0.2) is 21.0 Å². The Balaban J connectivity index is 2.80. The maximum atomic E-state index is 14.3. The Morgan fingerprint density at radius 2 is 2.29 bits per heavy atom. The number of fused-ring (bicyclic) bond motifs is 1. The molecule has 110 valence electrons. The highest BCUT2D eigenvalue weighted by molar-refractivity contribution is 5.93. The van der Waals surface area contributed by atoms with Crippen molar-refractivity contribution in [2.45, 2.75) is 25.7 Å². The second-order valence-corrected chi connectivity index (χ2v) is 4.63. The highest BCUT2D eigenvalue weighted by atomic mass is 19.1. The van der Waals surface area contributed by atoms with Crippen LogP contribution in [0.2, 0.25) is 0 Å². The van der Waals surface area contributed by atoms with Crippen LogP contribution < -0.4 is 0 Å². The van der Waals surface area contributed by atoms with Crippen molar-refractivity contribution in [2.24, 2.45) is 0 Å². The zero-order valence-electron chi connectivity index (χ0n) is 11.2. The standard InChI is InChI=1S/C14H13FN2O4/c1-2-4-9(14(18)19)12-10(15)7-11(17(20)21)8-5-3-6-16-13(8)12/h3,5-7,9H,2,4H2,1H3,(H,18,19). The van der Waals surface area contributed by atoms with Gasteiger partial charge in [0.15, 0.2) is 0 Å². The van der Waals surface area contributed by atoms with Gasteiger partial charge in [-0.05, 0) is 18.6 Å². The monoisotopic (exact) mass is 292 g/mol. The fourth-order valence-corrected chi connectivity index (χ4v) is 2.38. The normalized spacial score (nSPS) is 12.3. The number of halogens is 1. The van der Waals surface area contributed by atoms with E-state index in [1.54, 1.807) is 6.92 Å². The number of carboxylic acid groups (broad SMARTS) is 1. The summed E-state index contributed by atoms with van der Waals surface area (Å²) in [6, 6.07) is 3.70. The van der Waals surface area contributed by atoms with E-state index in [1.165, 1.54) is 18.3 Å². The van der Waals surface area contributed by atoms with Crippen molar-refractivity contribution in [3.8, 4) is 0 Å². The first kappa shape index (κ1) is 14.8. The Bertz CT molecular complexity index is 717. The fourth-order valence-electron chi connectivity index (χ4n) is 2.38. The molecule has 7 heteroatoms. The van der Waals surface area contributed by atoms with E-state index in [0.29, 0.717) is 6.42 Å². The Morgan fingerprint density at radius 3 is 2.86 bits per heavy atom. The summed E-state index contributed by atoms with van der Waals surface area (Å²) in [5, 5.41) is 20.4. The molecule has 0 bridgehead atoms. The van der Waals surface area contributed by atoms with Gasteiger partial charge in [0.25, 0.3) is 5.69 Å². The van der Waals surface area contributed by atoms with Crippen LogP contribution in [0.15, 0.2) is 24.4 Å². The molecular weight excluding hydrogens is 279 g/mol. The van der Waals surface area contributed by atoms with E-state index >= 15 is 0 Å². The van der Waals surface area contributed by atoms with Gasteiger partial charge in [-0.3, -0.25) is 19.9 Å². The Labute approximate surface area is 119 Å². The molecule has 1 aromatic heterocycles. The molecule has 1 unspecified atom stereocenters. The number of carboxylic acids is 1. The first-order valence-corrected chi connectivity index (χ1v) is 6.41. The van der Waals surface area contributed by atoms with Crippen molar-refractivity contribution >= 4 is 22.6 Å². The number of nitro benzene ring substituents is 1. The summed E-state index contributed by atoms with van der Waals surface area (Å²) in [6.07, 6.45) is 2.14. The number of benzene rings is 1. The molecule has 1 N–H and O–H groups in total. The Kier molecular flexibility index (Phi) is 4.11. The summed E-state index contributed by atoms with van der Waals surface area (Å²) in [5.41, 5.74) is -0.476. The maximum Gasteiger partial charge on any atom is 0.311 e. The largest absolute Gasteiger partial charge is 0.481 e. The molecule has 0 aliphatic heterocycles. The first-order chi connectivity index (χ1) is 9.97. The van der Waals surface area contributed by atoms with E-state index in [-0.39, 0.29) is 22.9 Å². The number of pyridine rings is 1. The van der Waals surface area contributed by atoms with Crippen molar-refractivity contribution in [1.82, 2.24) is 4.98 Å². The lowest BCUT2D eigenvalue weighted by atomic mass is 9.91. The molecule has 2 rings (SSSR count). The highest BCUT2D eigenvalue weighted by Gasteiger charge is 2.29. The molecule has 0 amide bonds. The Hall–Kier alpha value is -2.57. The van der Waals surface area contributed by atoms with Crippen molar-refractivity contribution in [3.63, 3.8) is 0 Å².